The summed E-state index contributed by atoms with van der Waals surface area (Å²) in [6.45, 7) is 7.98. The third kappa shape index (κ3) is 4.21. The first-order chi connectivity index (χ1) is 9.19. The Hall–Kier alpha value is -1.07. The zero-order valence-corrected chi connectivity index (χ0v) is 13.8. The summed E-state index contributed by atoms with van der Waals surface area (Å²) in [5, 5.41) is 3.08. The van der Waals surface area contributed by atoms with Crippen molar-refractivity contribution in [1.29, 1.82) is 0 Å². The third-order valence-corrected chi connectivity index (χ3v) is 5.76. The van der Waals surface area contributed by atoms with E-state index in [2.05, 4.69) is 5.32 Å². The monoisotopic (exact) mass is 299 g/mol. The molecule has 0 aliphatic rings. The molecule has 1 N–H and O–H groups in total. The molecular formula is C15H25NO3S. The minimum absolute atomic E-state index is 0.0316. The molecule has 0 saturated heterocycles. The van der Waals surface area contributed by atoms with Crippen LogP contribution in [0.5, 0.6) is 5.75 Å². The number of ether oxygens (including phenoxy) is 1. The summed E-state index contributed by atoms with van der Waals surface area (Å²) in [7, 11) is -1.28. The van der Waals surface area contributed by atoms with E-state index in [0.29, 0.717) is 6.54 Å². The predicted molar refractivity (Wildman–Crippen MR) is 83.0 cm³/mol. The highest BCUT2D eigenvalue weighted by Crippen LogP contribution is 2.24. The first-order valence-corrected chi connectivity index (χ1v) is 8.42. The Balaban J connectivity index is 2.77. The fourth-order valence-corrected chi connectivity index (χ4v) is 2.72. The van der Waals surface area contributed by atoms with Gasteiger partial charge in [0.1, 0.15) is 12.4 Å². The van der Waals surface area contributed by atoms with Crippen LogP contribution in [0.2, 0.25) is 0 Å². The van der Waals surface area contributed by atoms with Gasteiger partial charge in [-0.25, -0.2) is 8.42 Å². The van der Waals surface area contributed by atoms with Gasteiger partial charge in [-0.05, 0) is 40.3 Å². The van der Waals surface area contributed by atoms with Crippen molar-refractivity contribution in [1.82, 2.24) is 5.32 Å². The highest BCUT2D eigenvalue weighted by Gasteiger charge is 2.28. The third-order valence-electron chi connectivity index (χ3n) is 3.19. The molecule has 1 aromatic rings. The standard InChI is InChI=1S/C15H25NO3S/c1-12-7-6-8-13(11-16-5)14(12)19-9-10-20(17,18)15(2,3)4/h6-8,16H,9-11H2,1-5H3. The van der Waals surface area contributed by atoms with E-state index in [1.807, 2.05) is 32.2 Å². The molecule has 1 rings (SSSR count). The number of rotatable bonds is 6. The van der Waals surface area contributed by atoms with E-state index in [1.54, 1.807) is 20.8 Å². The second kappa shape index (κ2) is 6.59. The van der Waals surface area contributed by atoms with Crippen LogP contribution in [0.25, 0.3) is 0 Å². The maximum atomic E-state index is 12.0. The van der Waals surface area contributed by atoms with E-state index in [4.69, 9.17) is 4.74 Å². The fraction of sp³-hybridized carbons (Fsp3) is 0.600. The van der Waals surface area contributed by atoms with Crippen molar-refractivity contribution in [3.05, 3.63) is 29.3 Å². The van der Waals surface area contributed by atoms with Gasteiger partial charge in [-0.1, -0.05) is 18.2 Å². The maximum absolute atomic E-state index is 12.0. The van der Waals surface area contributed by atoms with E-state index in [1.165, 1.54) is 0 Å². The number of hydrogen-bond acceptors (Lipinski definition) is 4. The van der Waals surface area contributed by atoms with Crippen LogP contribution < -0.4 is 10.1 Å². The highest BCUT2D eigenvalue weighted by atomic mass is 32.2. The second-order valence-corrected chi connectivity index (χ2v) is 8.74. The van der Waals surface area contributed by atoms with Gasteiger partial charge in [-0.3, -0.25) is 0 Å². The Morgan fingerprint density at radius 2 is 1.90 bits per heavy atom. The maximum Gasteiger partial charge on any atom is 0.158 e. The van der Waals surface area contributed by atoms with Gasteiger partial charge in [-0.2, -0.15) is 0 Å². The molecule has 0 aromatic heterocycles. The van der Waals surface area contributed by atoms with E-state index < -0.39 is 14.6 Å². The molecule has 20 heavy (non-hydrogen) atoms. The predicted octanol–water partition coefficient (Wildman–Crippen LogP) is 2.31. The lowest BCUT2D eigenvalue weighted by atomic mass is 10.1. The lowest BCUT2D eigenvalue weighted by Gasteiger charge is -2.20. The topological polar surface area (TPSA) is 55.4 Å². The zero-order valence-electron chi connectivity index (χ0n) is 13.0. The van der Waals surface area contributed by atoms with E-state index in [9.17, 15) is 8.42 Å². The molecule has 1 aromatic carbocycles. The van der Waals surface area contributed by atoms with Gasteiger partial charge in [0.05, 0.1) is 10.5 Å². The molecule has 114 valence electrons. The number of nitrogens with one attached hydrogen (secondary N) is 1. The summed E-state index contributed by atoms with van der Waals surface area (Å²) in [4.78, 5) is 0. The molecule has 5 heteroatoms. The largest absolute Gasteiger partial charge is 0.492 e. The molecule has 0 atom stereocenters. The van der Waals surface area contributed by atoms with Gasteiger partial charge in [0.15, 0.2) is 9.84 Å². The summed E-state index contributed by atoms with van der Waals surface area (Å²) in [5.74, 6) is 0.815. The van der Waals surface area contributed by atoms with Gasteiger partial charge >= 0.3 is 0 Å². The van der Waals surface area contributed by atoms with E-state index in [-0.39, 0.29) is 12.4 Å². The molecule has 4 nitrogen and oxygen atoms in total. The number of hydrogen-bond donors (Lipinski definition) is 1. The van der Waals surface area contributed by atoms with Crippen LogP contribution in [0.4, 0.5) is 0 Å². The summed E-state index contributed by atoms with van der Waals surface area (Å²) in [5.41, 5.74) is 2.06. The minimum Gasteiger partial charge on any atom is -0.492 e. The van der Waals surface area contributed by atoms with Crippen LogP contribution in [0.15, 0.2) is 18.2 Å². The molecule has 0 amide bonds. The van der Waals surface area contributed by atoms with Gasteiger partial charge < -0.3 is 10.1 Å². The summed E-state index contributed by atoms with van der Waals surface area (Å²) < 4.78 is 29.1. The zero-order chi connectivity index (χ0) is 15.4. The van der Waals surface area contributed by atoms with Crippen LogP contribution in [0.1, 0.15) is 31.9 Å². The Morgan fingerprint density at radius 3 is 2.45 bits per heavy atom. The van der Waals surface area contributed by atoms with Crippen molar-refractivity contribution in [2.75, 3.05) is 19.4 Å². The lowest BCUT2D eigenvalue weighted by Crippen LogP contribution is -2.32. The summed E-state index contributed by atoms with van der Waals surface area (Å²) in [6.07, 6.45) is 0. The Bertz CT molecular complexity index is 545. The Labute approximate surface area is 122 Å². The molecule has 0 bridgehead atoms. The van der Waals surface area contributed by atoms with Crippen molar-refractivity contribution in [3.8, 4) is 5.75 Å². The van der Waals surface area contributed by atoms with Gasteiger partial charge in [0.2, 0.25) is 0 Å². The van der Waals surface area contributed by atoms with Crippen LogP contribution >= 0.6 is 0 Å². The SMILES string of the molecule is CNCc1cccc(C)c1OCCS(=O)(=O)C(C)(C)C. The number of aryl methyl sites for hydroxylation is 1. The highest BCUT2D eigenvalue weighted by molar-refractivity contribution is 7.92. The first-order valence-electron chi connectivity index (χ1n) is 6.77. The quantitative estimate of drug-likeness (QED) is 0.876. The van der Waals surface area contributed by atoms with Crippen molar-refractivity contribution < 1.29 is 13.2 Å². The molecular weight excluding hydrogens is 274 g/mol. The summed E-state index contributed by atoms with van der Waals surface area (Å²) in [6, 6.07) is 5.92. The summed E-state index contributed by atoms with van der Waals surface area (Å²) >= 11 is 0. The van der Waals surface area contributed by atoms with Crippen LogP contribution in [-0.2, 0) is 16.4 Å². The number of para-hydroxylation sites is 1. The first kappa shape index (κ1) is 17.0. The van der Waals surface area contributed by atoms with Crippen LogP contribution in [0.3, 0.4) is 0 Å². The van der Waals surface area contributed by atoms with E-state index >= 15 is 0 Å². The number of benzene rings is 1. The molecule has 0 fully saturated rings. The average Bonchev–Trinajstić information content (AvgIpc) is 2.31. The van der Waals surface area contributed by atoms with Crippen molar-refractivity contribution >= 4 is 9.84 Å². The van der Waals surface area contributed by atoms with Gasteiger partial charge in [0, 0.05) is 12.1 Å². The number of sulfone groups is 1. The van der Waals surface area contributed by atoms with Gasteiger partial charge in [0.25, 0.3) is 0 Å². The van der Waals surface area contributed by atoms with Gasteiger partial charge in [-0.15, -0.1) is 0 Å². The second-order valence-electron chi connectivity index (χ2n) is 5.87. The molecule has 0 aliphatic heterocycles. The van der Waals surface area contributed by atoms with Crippen molar-refractivity contribution in [2.45, 2.75) is 39.0 Å². The smallest absolute Gasteiger partial charge is 0.158 e. The Morgan fingerprint density at radius 1 is 1.25 bits per heavy atom. The fourth-order valence-electron chi connectivity index (χ4n) is 1.81. The average molecular weight is 299 g/mol. The molecule has 0 heterocycles. The molecule has 0 unspecified atom stereocenters. The van der Waals surface area contributed by atoms with Crippen molar-refractivity contribution in [2.24, 2.45) is 0 Å². The molecule has 0 spiro atoms. The van der Waals surface area contributed by atoms with Crippen LogP contribution in [0, 0.1) is 6.92 Å². The molecule has 0 radical (unpaired) electrons. The normalized spacial score (nSPS) is 12.4. The minimum atomic E-state index is -3.15. The lowest BCUT2D eigenvalue weighted by molar-refractivity contribution is 0.333. The van der Waals surface area contributed by atoms with Crippen molar-refractivity contribution in [3.63, 3.8) is 0 Å². The molecule has 0 aliphatic carbocycles. The Kier molecular flexibility index (Phi) is 5.59. The van der Waals surface area contributed by atoms with Crippen LogP contribution in [-0.4, -0.2) is 32.6 Å². The molecule has 0 saturated carbocycles. The van der Waals surface area contributed by atoms with E-state index in [0.717, 1.165) is 16.9 Å².